The van der Waals surface area contributed by atoms with Gasteiger partial charge in [-0.2, -0.15) is 0 Å². The van der Waals surface area contributed by atoms with E-state index in [9.17, 15) is 9.59 Å². The SMILES string of the molecule is COC(=O)c1ccc(NC(=O)NCCC(C)C)c(C)c1. The highest BCUT2D eigenvalue weighted by Gasteiger charge is 2.09. The second-order valence-electron chi connectivity index (χ2n) is 5.08. The summed E-state index contributed by atoms with van der Waals surface area (Å²) in [5, 5.41) is 5.56. The molecule has 5 nitrogen and oxygen atoms in total. The molecule has 5 heteroatoms. The topological polar surface area (TPSA) is 67.4 Å². The number of urea groups is 1. The molecule has 0 bridgehead atoms. The summed E-state index contributed by atoms with van der Waals surface area (Å²) in [5.41, 5.74) is 1.96. The van der Waals surface area contributed by atoms with Crippen molar-refractivity contribution in [3.63, 3.8) is 0 Å². The van der Waals surface area contributed by atoms with Crippen molar-refractivity contribution in [2.24, 2.45) is 5.92 Å². The third kappa shape index (κ3) is 4.91. The molecule has 0 aromatic heterocycles. The van der Waals surface area contributed by atoms with Gasteiger partial charge in [0.1, 0.15) is 0 Å². The summed E-state index contributed by atoms with van der Waals surface area (Å²) in [6, 6.07) is 4.78. The van der Waals surface area contributed by atoms with Gasteiger partial charge in [0.15, 0.2) is 0 Å². The fraction of sp³-hybridized carbons (Fsp3) is 0.467. The molecule has 1 rings (SSSR count). The number of rotatable bonds is 5. The molecule has 0 unspecified atom stereocenters. The van der Waals surface area contributed by atoms with Gasteiger partial charge in [-0.05, 0) is 43.0 Å². The second kappa shape index (κ2) is 7.53. The van der Waals surface area contributed by atoms with E-state index in [2.05, 4.69) is 29.2 Å². The number of amides is 2. The zero-order chi connectivity index (χ0) is 15.1. The summed E-state index contributed by atoms with van der Waals surface area (Å²) in [6.07, 6.45) is 0.938. The molecular formula is C15H22N2O3. The van der Waals surface area contributed by atoms with Gasteiger partial charge in [-0.25, -0.2) is 9.59 Å². The lowest BCUT2D eigenvalue weighted by molar-refractivity contribution is 0.0600. The van der Waals surface area contributed by atoms with Crippen molar-refractivity contribution in [1.82, 2.24) is 5.32 Å². The molecule has 2 N–H and O–H groups in total. The number of carbonyl (C=O) groups is 2. The van der Waals surface area contributed by atoms with E-state index in [-0.39, 0.29) is 12.0 Å². The van der Waals surface area contributed by atoms with Gasteiger partial charge in [0.05, 0.1) is 12.7 Å². The molecular weight excluding hydrogens is 256 g/mol. The average Bonchev–Trinajstić information content (AvgIpc) is 2.39. The van der Waals surface area contributed by atoms with E-state index in [1.54, 1.807) is 18.2 Å². The van der Waals surface area contributed by atoms with E-state index in [1.165, 1.54) is 7.11 Å². The number of hydrogen-bond acceptors (Lipinski definition) is 3. The Morgan fingerprint density at radius 2 is 2.00 bits per heavy atom. The molecule has 1 aromatic carbocycles. The molecule has 0 fully saturated rings. The molecule has 0 saturated heterocycles. The Morgan fingerprint density at radius 3 is 2.55 bits per heavy atom. The van der Waals surface area contributed by atoms with Crippen LogP contribution >= 0.6 is 0 Å². The van der Waals surface area contributed by atoms with E-state index in [1.807, 2.05) is 6.92 Å². The van der Waals surface area contributed by atoms with Gasteiger partial charge in [-0.1, -0.05) is 13.8 Å². The van der Waals surface area contributed by atoms with E-state index < -0.39 is 0 Å². The number of esters is 1. The fourth-order valence-electron chi connectivity index (χ4n) is 1.69. The number of anilines is 1. The van der Waals surface area contributed by atoms with Crippen LogP contribution in [0, 0.1) is 12.8 Å². The van der Waals surface area contributed by atoms with Crippen LogP contribution in [0.15, 0.2) is 18.2 Å². The average molecular weight is 278 g/mol. The molecule has 0 aliphatic rings. The van der Waals surface area contributed by atoms with Crippen LogP contribution in [0.3, 0.4) is 0 Å². The van der Waals surface area contributed by atoms with Gasteiger partial charge in [0.25, 0.3) is 0 Å². The van der Waals surface area contributed by atoms with Gasteiger partial charge in [-0.15, -0.1) is 0 Å². The molecule has 0 atom stereocenters. The van der Waals surface area contributed by atoms with Crippen LogP contribution in [0.5, 0.6) is 0 Å². The molecule has 0 aliphatic carbocycles. The first-order valence-electron chi connectivity index (χ1n) is 6.68. The third-order valence-electron chi connectivity index (χ3n) is 2.90. The first-order chi connectivity index (χ1) is 9.43. The monoisotopic (exact) mass is 278 g/mol. The maximum atomic E-state index is 11.7. The van der Waals surface area contributed by atoms with Crippen LogP contribution in [0.2, 0.25) is 0 Å². The predicted molar refractivity (Wildman–Crippen MR) is 79.0 cm³/mol. The predicted octanol–water partition coefficient (Wildman–Crippen LogP) is 2.95. The van der Waals surface area contributed by atoms with E-state index in [0.29, 0.717) is 23.7 Å². The zero-order valence-corrected chi connectivity index (χ0v) is 12.4. The lowest BCUT2D eigenvalue weighted by atomic mass is 10.1. The van der Waals surface area contributed by atoms with Crippen molar-refractivity contribution in [3.8, 4) is 0 Å². The molecule has 1 aromatic rings. The highest BCUT2D eigenvalue weighted by atomic mass is 16.5. The normalized spacial score (nSPS) is 10.2. The van der Waals surface area contributed by atoms with E-state index >= 15 is 0 Å². The number of ether oxygens (including phenoxy) is 1. The highest BCUT2D eigenvalue weighted by Crippen LogP contribution is 2.17. The van der Waals surface area contributed by atoms with Crippen LogP contribution < -0.4 is 10.6 Å². The first kappa shape index (κ1) is 16.0. The third-order valence-corrected chi connectivity index (χ3v) is 2.90. The number of aryl methyl sites for hydroxylation is 1. The lowest BCUT2D eigenvalue weighted by Gasteiger charge is -2.11. The van der Waals surface area contributed by atoms with Crippen molar-refractivity contribution < 1.29 is 14.3 Å². The maximum Gasteiger partial charge on any atom is 0.337 e. The summed E-state index contributed by atoms with van der Waals surface area (Å²) in [4.78, 5) is 23.1. The summed E-state index contributed by atoms with van der Waals surface area (Å²) in [6.45, 7) is 6.68. The zero-order valence-electron chi connectivity index (χ0n) is 12.4. The van der Waals surface area contributed by atoms with Gasteiger partial charge in [-0.3, -0.25) is 0 Å². The Morgan fingerprint density at radius 1 is 1.30 bits per heavy atom. The molecule has 2 amide bonds. The number of nitrogens with one attached hydrogen (secondary N) is 2. The Labute approximate surface area is 119 Å². The standard InChI is InChI=1S/C15H22N2O3/c1-10(2)7-8-16-15(19)17-13-6-5-12(9-11(13)3)14(18)20-4/h5-6,9-10H,7-8H2,1-4H3,(H2,16,17,19). The number of carbonyl (C=O) groups excluding carboxylic acids is 2. The molecule has 0 spiro atoms. The van der Waals surface area contributed by atoms with Crippen LogP contribution in [0.25, 0.3) is 0 Å². The number of hydrogen-bond donors (Lipinski definition) is 2. The minimum atomic E-state index is -0.388. The smallest absolute Gasteiger partial charge is 0.337 e. The summed E-state index contributed by atoms with van der Waals surface area (Å²) in [7, 11) is 1.34. The Balaban J connectivity index is 2.60. The van der Waals surface area contributed by atoms with Crippen molar-refractivity contribution in [1.29, 1.82) is 0 Å². The molecule has 0 saturated carbocycles. The summed E-state index contributed by atoms with van der Waals surface area (Å²) < 4.78 is 4.65. The Bertz CT molecular complexity index is 484. The summed E-state index contributed by atoms with van der Waals surface area (Å²) >= 11 is 0. The van der Waals surface area contributed by atoms with Crippen molar-refractivity contribution in [2.45, 2.75) is 27.2 Å². The van der Waals surface area contributed by atoms with Crippen molar-refractivity contribution >= 4 is 17.7 Å². The van der Waals surface area contributed by atoms with Gasteiger partial charge in [0, 0.05) is 12.2 Å². The quantitative estimate of drug-likeness (QED) is 0.814. The van der Waals surface area contributed by atoms with Crippen LogP contribution in [-0.2, 0) is 4.74 Å². The van der Waals surface area contributed by atoms with Crippen molar-refractivity contribution in [2.75, 3.05) is 19.0 Å². The molecule has 0 radical (unpaired) electrons. The molecule has 110 valence electrons. The Kier molecular flexibility index (Phi) is 6.03. The largest absolute Gasteiger partial charge is 0.465 e. The molecule has 0 heterocycles. The Hall–Kier alpha value is -2.04. The van der Waals surface area contributed by atoms with E-state index in [4.69, 9.17) is 0 Å². The minimum Gasteiger partial charge on any atom is -0.465 e. The first-order valence-corrected chi connectivity index (χ1v) is 6.68. The van der Waals surface area contributed by atoms with Crippen LogP contribution in [-0.4, -0.2) is 25.7 Å². The van der Waals surface area contributed by atoms with Crippen LogP contribution in [0.4, 0.5) is 10.5 Å². The molecule has 20 heavy (non-hydrogen) atoms. The van der Waals surface area contributed by atoms with E-state index in [0.717, 1.165) is 12.0 Å². The lowest BCUT2D eigenvalue weighted by Crippen LogP contribution is -2.30. The number of benzene rings is 1. The van der Waals surface area contributed by atoms with Crippen molar-refractivity contribution in [3.05, 3.63) is 29.3 Å². The van der Waals surface area contributed by atoms with Crippen LogP contribution in [0.1, 0.15) is 36.2 Å². The van der Waals surface area contributed by atoms with Gasteiger partial charge >= 0.3 is 12.0 Å². The summed E-state index contributed by atoms with van der Waals surface area (Å²) in [5.74, 6) is 0.164. The maximum absolute atomic E-state index is 11.7. The minimum absolute atomic E-state index is 0.237. The van der Waals surface area contributed by atoms with Gasteiger partial charge < -0.3 is 15.4 Å². The second-order valence-corrected chi connectivity index (χ2v) is 5.08. The van der Waals surface area contributed by atoms with Gasteiger partial charge in [0.2, 0.25) is 0 Å². The number of methoxy groups -OCH3 is 1. The fourth-order valence-corrected chi connectivity index (χ4v) is 1.69. The molecule has 0 aliphatic heterocycles. The highest BCUT2D eigenvalue weighted by molar-refractivity contribution is 5.93.